The Balaban J connectivity index is 0.00000196. The molecule has 2 aromatic carbocycles. The third kappa shape index (κ3) is 3.49. The predicted octanol–water partition coefficient (Wildman–Crippen LogP) is 5.11. The van der Waals surface area contributed by atoms with Gasteiger partial charge in [0.1, 0.15) is 11.5 Å². The molecule has 0 unspecified atom stereocenters. The summed E-state index contributed by atoms with van der Waals surface area (Å²) in [5, 5.41) is 4.02. The van der Waals surface area contributed by atoms with Crippen molar-refractivity contribution >= 4 is 40.7 Å². The number of imidazole rings is 1. The molecule has 0 spiro atoms. The molecule has 0 aliphatic rings. The molecule has 3 N–H and O–H groups in total. The lowest BCUT2D eigenvalue weighted by Crippen LogP contribution is -1.99. The monoisotopic (exact) mass is 389 g/mol. The minimum absolute atomic E-state index is 0. The third-order valence-electron chi connectivity index (χ3n) is 4.18. The van der Waals surface area contributed by atoms with Crippen LogP contribution < -0.4 is 11.0 Å². The molecule has 2 aromatic heterocycles. The summed E-state index contributed by atoms with van der Waals surface area (Å²) in [5.74, 6) is 1.61. The Bertz CT molecular complexity index is 1110. The predicted molar refractivity (Wildman–Crippen MR) is 107 cm³/mol. The highest BCUT2D eigenvalue weighted by Crippen LogP contribution is 2.30. The van der Waals surface area contributed by atoms with Crippen molar-refractivity contribution in [3.05, 3.63) is 75.4 Å². The molecule has 2 heterocycles. The van der Waals surface area contributed by atoms with Gasteiger partial charge in [-0.25, -0.2) is 4.79 Å². The molecule has 0 radical (unpaired) electrons. The van der Waals surface area contributed by atoms with Crippen LogP contribution in [0.4, 0.5) is 5.69 Å². The fourth-order valence-electron chi connectivity index (χ4n) is 2.82. The summed E-state index contributed by atoms with van der Waals surface area (Å²) >= 11 is 6.18. The average Bonchev–Trinajstić information content (AvgIpc) is 3.20. The van der Waals surface area contributed by atoms with Gasteiger partial charge in [0, 0.05) is 16.3 Å². The molecule has 134 valence electrons. The number of hydrogen-bond acceptors (Lipinski definition) is 3. The van der Waals surface area contributed by atoms with Gasteiger partial charge in [0.25, 0.3) is 0 Å². The first kappa shape index (κ1) is 18.2. The summed E-state index contributed by atoms with van der Waals surface area (Å²) in [6.45, 7) is 2.52. The van der Waals surface area contributed by atoms with Gasteiger partial charge in [0.2, 0.25) is 0 Å². The van der Waals surface area contributed by atoms with Gasteiger partial charge in [0.05, 0.1) is 17.6 Å². The van der Waals surface area contributed by atoms with Crippen LogP contribution >= 0.6 is 24.0 Å². The average molecular weight is 390 g/mol. The molecule has 4 aromatic rings. The van der Waals surface area contributed by atoms with Crippen LogP contribution in [0.1, 0.15) is 11.3 Å². The van der Waals surface area contributed by atoms with E-state index < -0.39 is 0 Å². The molecule has 4 rings (SSSR count). The standard InChI is InChI=1S/C19H16ClN3O2.ClH/c1-11-14(3-2-4-15(11)20)18-8-6-13(25-18)10-21-12-5-7-16-17(9-12)23-19(24)22-16;/h2-9,21H,10H2,1H3,(H2,22,23,24);1H. The lowest BCUT2D eigenvalue weighted by molar-refractivity contribution is 0.531. The third-order valence-corrected chi connectivity index (χ3v) is 4.59. The van der Waals surface area contributed by atoms with Gasteiger partial charge in [-0.15, -0.1) is 12.4 Å². The fraction of sp³-hybridized carbons (Fsp3) is 0.105. The second-order valence-corrected chi connectivity index (χ2v) is 6.28. The zero-order chi connectivity index (χ0) is 17.4. The molecule has 5 nitrogen and oxygen atoms in total. The van der Waals surface area contributed by atoms with Crippen LogP contribution in [-0.2, 0) is 6.54 Å². The number of H-pyrrole nitrogens is 2. The fourth-order valence-corrected chi connectivity index (χ4v) is 3.00. The summed E-state index contributed by atoms with van der Waals surface area (Å²) in [4.78, 5) is 16.8. The summed E-state index contributed by atoms with van der Waals surface area (Å²) in [6.07, 6.45) is 0. The van der Waals surface area contributed by atoms with Gasteiger partial charge in [-0.1, -0.05) is 23.7 Å². The number of anilines is 1. The maximum absolute atomic E-state index is 11.3. The van der Waals surface area contributed by atoms with Crippen molar-refractivity contribution in [3.8, 4) is 11.3 Å². The summed E-state index contributed by atoms with van der Waals surface area (Å²) in [6, 6.07) is 15.3. The molecule has 0 bridgehead atoms. The molecule has 0 saturated carbocycles. The Hall–Kier alpha value is -2.63. The smallest absolute Gasteiger partial charge is 0.323 e. The van der Waals surface area contributed by atoms with E-state index in [9.17, 15) is 4.79 Å². The van der Waals surface area contributed by atoms with Crippen LogP contribution in [0.5, 0.6) is 0 Å². The van der Waals surface area contributed by atoms with Crippen LogP contribution in [-0.4, -0.2) is 9.97 Å². The van der Waals surface area contributed by atoms with Gasteiger partial charge in [-0.05, 0) is 48.9 Å². The maximum atomic E-state index is 11.3. The Morgan fingerprint density at radius 2 is 1.88 bits per heavy atom. The van der Waals surface area contributed by atoms with Crippen molar-refractivity contribution < 1.29 is 4.42 Å². The number of rotatable bonds is 4. The quantitative estimate of drug-likeness (QED) is 0.453. The van der Waals surface area contributed by atoms with Crippen LogP contribution in [0.2, 0.25) is 5.02 Å². The van der Waals surface area contributed by atoms with E-state index in [1.807, 2.05) is 55.5 Å². The van der Waals surface area contributed by atoms with E-state index >= 15 is 0 Å². The van der Waals surface area contributed by atoms with Crippen molar-refractivity contribution in [2.75, 3.05) is 5.32 Å². The van der Waals surface area contributed by atoms with E-state index in [4.69, 9.17) is 16.0 Å². The van der Waals surface area contributed by atoms with Gasteiger partial charge >= 0.3 is 5.69 Å². The molecule has 0 amide bonds. The Morgan fingerprint density at radius 3 is 2.73 bits per heavy atom. The van der Waals surface area contributed by atoms with Gasteiger partial charge in [0.15, 0.2) is 0 Å². The molecule has 7 heteroatoms. The van der Waals surface area contributed by atoms with E-state index in [0.717, 1.165) is 44.4 Å². The zero-order valence-electron chi connectivity index (χ0n) is 13.9. The SMILES string of the molecule is Cc1c(Cl)cccc1-c1ccc(CNc2ccc3[nH]c(=O)[nH]c3c2)o1.Cl. The number of aromatic nitrogens is 2. The van der Waals surface area contributed by atoms with E-state index in [0.29, 0.717) is 6.54 Å². The van der Waals surface area contributed by atoms with E-state index in [1.165, 1.54) is 0 Å². The number of halogens is 2. The minimum atomic E-state index is -0.209. The van der Waals surface area contributed by atoms with Crippen LogP contribution in [0.15, 0.2) is 57.7 Å². The lowest BCUT2D eigenvalue weighted by Gasteiger charge is -2.06. The first-order valence-corrected chi connectivity index (χ1v) is 8.28. The summed E-state index contributed by atoms with van der Waals surface area (Å²) in [5.41, 5.74) is 4.24. The summed E-state index contributed by atoms with van der Waals surface area (Å²) in [7, 11) is 0. The van der Waals surface area contributed by atoms with Gasteiger partial charge < -0.3 is 19.7 Å². The Kier molecular flexibility index (Phi) is 5.11. The highest BCUT2D eigenvalue weighted by molar-refractivity contribution is 6.31. The van der Waals surface area contributed by atoms with Crippen LogP contribution in [0.25, 0.3) is 22.4 Å². The number of benzene rings is 2. The van der Waals surface area contributed by atoms with Gasteiger partial charge in [-0.3, -0.25) is 0 Å². The van der Waals surface area contributed by atoms with Crippen molar-refractivity contribution in [1.82, 2.24) is 9.97 Å². The Labute approximate surface area is 160 Å². The number of furan rings is 1. The topological polar surface area (TPSA) is 73.8 Å². The highest BCUT2D eigenvalue weighted by atomic mass is 35.5. The van der Waals surface area contributed by atoms with Crippen LogP contribution in [0, 0.1) is 6.92 Å². The molecule has 0 saturated heterocycles. The maximum Gasteiger partial charge on any atom is 0.323 e. The van der Waals surface area contributed by atoms with Gasteiger partial charge in [-0.2, -0.15) is 0 Å². The molecule has 0 aliphatic carbocycles. The molecule has 0 atom stereocenters. The summed E-state index contributed by atoms with van der Waals surface area (Å²) < 4.78 is 5.93. The molecule has 0 aliphatic heterocycles. The van der Waals surface area contributed by atoms with Crippen molar-refractivity contribution in [2.45, 2.75) is 13.5 Å². The van der Waals surface area contributed by atoms with E-state index in [-0.39, 0.29) is 18.1 Å². The zero-order valence-corrected chi connectivity index (χ0v) is 15.5. The second kappa shape index (κ2) is 7.32. The lowest BCUT2D eigenvalue weighted by atomic mass is 10.1. The molecule has 26 heavy (non-hydrogen) atoms. The normalized spacial score (nSPS) is 10.7. The number of aromatic amines is 2. The second-order valence-electron chi connectivity index (χ2n) is 5.87. The van der Waals surface area contributed by atoms with Crippen molar-refractivity contribution in [1.29, 1.82) is 0 Å². The first-order valence-electron chi connectivity index (χ1n) is 7.90. The van der Waals surface area contributed by atoms with E-state index in [1.54, 1.807) is 0 Å². The minimum Gasteiger partial charge on any atom is -0.459 e. The van der Waals surface area contributed by atoms with E-state index in [2.05, 4.69) is 15.3 Å². The number of hydrogen-bond donors (Lipinski definition) is 3. The van der Waals surface area contributed by atoms with Crippen LogP contribution in [0.3, 0.4) is 0 Å². The number of fused-ring (bicyclic) bond motifs is 1. The highest BCUT2D eigenvalue weighted by Gasteiger charge is 2.09. The molecular weight excluding hydrogens is 373 g/mol. The number of nitrogens with one attached hydrogen (secondary N) is 3. The molecule has 0 fully saturated rings. The van der Waals surface area contributed by atoms with Crippen molar-refractivity contribution in [2.24, 2.45) is 0 Å². The molecular formula is C19H17Cl2N3O2. The van der Waals surface area contributed by atoms with Crippen molar-refractivity contribution in [3.63, 3.8) is 0 Å². The largest absolute Gasteiger partial charge is 0.459 e. The first-order chi connectivity index (χ1) is 12.1. The Morgan fingerprint density at radius 1 is 1.08 bits per heavy atom.